The van der Waals surface area contributed by atoms with Crippen LogP contribution in [0.15, 0.2) is 28.2 Å². The number of anilines is 1. The van der Waals surface area contributed by atoms with Crippen LogP contribution < -0.4 is 5.32 Å². The van der Waals surface area contributed by atoms with Gasteiger partial charge in [0.2, 0.25) is 0 Å². The number of thiazole rings is 2. The predicted octanol–water partition coefficient (Wildman–Crippen LogP) is 4.45. The quantitative estimate of drug-likeness (QED) is 0.774. The van der Waals surface area contributed by atoms with Gasteiger partial charge in [-0.15, -0.1) is 22.7 Å². The molecule has 0 atom stereocenters. The second-order valence-electron chi connectivity index (χ2n) is 4.77. The van der Waals surface area contributed by atoms with Crippen molar-refractivity contribution < 1.29 is 4.42 Å². The summed E-state index contributed by atoms with van der Waals surface area (Å²) >= 11 is 3.30. The summed E-state index contributed by atoms with van der Waals surface area (Å²) < 4.78 is 5.47. The highest BCUT2D eigenvalue weighted by Crippen LogP contribution is 2.48. The Balaban J connectivity index is 1.81. The highest BCUT2D eigenvalue weighted by atomic mass is 32.1. The minimum atomic E-state index is 0.602. The van der Waals surface area contributed by atoms with Gasteiger partial charge in [-0.2, -0.15) is 0 Å². The fourth-order valence-electron chi connectivity index (χ4n) is 2.15. The lowest BCUT2D eigenvalue weighted by Crippen LogP contribution is -1.87. The molecule has 20 heavy (non-hydrogen) atoms. The number of furan rings is 1. The zero-order valence-electron chi connectivity index (χ0n) is 10.9. The minimum Gasteiger partial charge on any atom is -0.462 e. The highest BCUT2D eigenvalue weighted by molar-refractivity contribution is 7.19. The van der Waals surface area contributed by atoms with Crippen molar-refractivity contribution in [2.24, 2.45) is 0 Å². The maximum atomic E-state index is 5.47. The summed E-state index contributed by atoms with van der Waals surface area (Å²) in [5.41, 5.74) is 2.21. The first-order chi connectivity index (χ1) is 9.85. The molecular formula is C14H13N3OS2. The number of hydrogen-bond acceptors (Lipinski definition) is 6. The summed E-state index contributed by atoms with van der Waals surface area (Å²) in [4.78, 5) is 10.6. The summed E-state index contributed by atoms with van der Waals surface area (Å²) in [7, 11) is 1.89. The van der Waals surface area contributed by atoms with Crippen LogP contribution in [-0.4, -0.2) is 17.0 Å². The first-order valence-electron chi connectivity index (χ1n) is 6.53. The molecule has 1 aliphatic carbocycles. The molecule has 1 aliphatic rings. The lowest BCUT2D eigenvalue weighted by Gasteiger charge is -1.95. The summed E-state index contributed by atoms with van der Waals surface area (Å²) in [6.45, 7) is 0. The Morgan fingerprint density at radius 1 is 1.35 bits per heavy atom. The molecule has 1 fully saturated rings. The fourth-order valence-corrected chi connectivity index (χ4v) is 3.96. The van der Waals surface area contributed by atoms with Crippen molar-refractivity contribution in [1.82, 2.24) is 9.97 Å². The monoisotopic (exact) mass is 303 g/mol. The molecule has 3 aromatic rings. The first-order valence-corrected chi connectivity index (χ1v) is 8.23. The zero-order valence-corrected chi connectivity index (χ0v) is 12.6. The molecule has 4 nitrogen and oxygen atoms in total. The third-order valence-corrected chi connectivity index (χ3v) is 5.27. The largest absolute Gasteiger partial charge is 0.462 e. The normalized spacial score (nSPS) is 14.7. The SMILES string of the molecule is CNc1nc(-c2sc(-c3ccco3)nc2C2CC2)cs1. The van der Waals surface area contributed by atoms with E-state index in [-0.39, 0.29) is 0 Å². The van der Waals surface area contributed by atoms with Gasteiger partial charge in [0.15, 0.2) is 15.9 Å². The van der Waals surface area contributed by atoms with Crippen LogP contribution in [0.4, 0.5) is 5.13 Å². The third kappa shape index (κ3) is 2.05. The van der Waals surface area contributed by atoms with Crippen molar-refractivity contribution in [3.05, 3.63) is 29.5 Å². The lowest BCUT2D eigenvalue weighted by atomic mass is 10.2. The van der Waals surface area contributed by atoms with Gasteiger partial charge in [0.1, 0.15) is 0 Å². The van der Waals surface area contributed by atoms with Crippen LogP contribution in [0, 0.1) is 0 Å². The van der Waals surface area contributed by atoms with Gasteiger partial charge in [-0.05, 0) is 25.0 Å². The highest BCUT2D eigenvalue weighted by Gasteiger charge is 2.31. The Labute approximate surface area is 124 Å². The van der Waals surface area contributed by atoms with E-state index in [1.54, 1.807) is 28.9 Å². The van der Waals surface area contributed by atoms with E-state index in [2.05, 4.69) is 15.7 Å². The molecule has 0 spiro atoms. The van der Waals surface area contributed by atoms with Gasteiger partial charge in [-0.1, -0.05) is 0 Å². The molecule has 0 saturated heterocycles. The molecule has 1 saturated carbocycles. The molecule has 1 N–H and O–H groups in total. The minimum absolute atomic E-state index is 0.602. The summed E-state index contributed by atoms with van der Waals surface area (Å²) in [5, 5.41) is 7.07. The van der Waals surface area contributed by atoms with Gasteiger partial charge in [0.05, 0.1) is 22.5 Å². The fraction of sp³-hybridized carbons (Fsp3) is 0.286. The number of aromatic nitrogens is 2. The summed E-state index contributed by atoms with van der Waals surface area (Å²) in [5.74, 6) is 1.44. The maximum Gasteiger partial charge on any atom is 0.182 e. The molecule has 4 rings (SSSR count). The average molecular weight is 303 g/mol. The van der Waals surface area contributed by atoms with Crippen LogP contribution in [0.2, 0.25) is 0 Å². The average Bonchev–Trinajstić information content (AvgIpc) is 2.92. The molecule has 6 heteroatoms. The Kier molecular flexibility index (Phi) is 2.85. The van der Waals surface area contributed by atoms with E-state index in [1.165, 1.54) is 23.4 Å². The number of nitrogens with one attached hydrogen (secondary N) is 1. The van der Waals surface area contributed by atoms with Crippen LogP contribution in [0.3, 0.4) is 0 Å². The number of hydrogen-bond donors (Lipinski definition) is 1. The van der Waals surface area contributed by atoms with Gasteiger partial charge >= 0.3 is 0 Å². The molecule has 0 radical (unpaired) electrons. The van der Waals surface area contributed by atoms with E-state index < -0.39 is 0 Å². The van der Waals surface area contributed by atoms with Crippen LogP contribution in [0.5, 0.6) is 0 Å². The van der Waals surface area contributed by atoms with Crippen LogP contribution in [-0.2, 0) is 0 Å². The van der Waals surface area contributed by atoms with E-state index in [9.17, 15) is 0 Å². The Morgan fingerprint density at radius 3 is 2.90 bits per heavy atom. The number of nitrogens with zero attached hydrogens (tertiary/aromatic N) is 2. The van der Waals surface area contributed by atoms with Crippen molar-refractivity contribution in [2.45, 2.75) is 18.8 Å². The third-order valence-electron chi connectivity index (χ3n) is 3.30. The van der Waals surface area contributed by atoms with Crippen molar-refractivity contribution >= 4 is 27.8 Å². The van der Waals surface area contributed by atoms with E-state index in [1.807, 2.05) is 19.2 Å². The van der Waals surface area contributed by atoms with E-state index in [4.69, 9.17) is 9.40 Å². The van der Waals surface area contributed by atoms with Crippen molar-refractivity contribution in [3.8, 4) is 21.3 Å². The van der Waals surface area contributed by atoms with Crippen molar-refractivity contribution in [2.75, 3.05) is 12.4 Å². The Morgan fingerprint density at radius 2 is 2.25 bits per heavy atom. The summed E-state index contributed by atoms with van der Waals surface area (Å²) in [6, 6.07) is 3.86. The number of rotatable bonds is 4. The molecule has 0 bridgehead atoms. The molecule has 0 aromatic carbocycles. The first kappa shape index (κ1) is 12.1. The van der Waals surface area contributed by atoms with Crippen LogP contribution in [0.25, 0.3) is 21.3 Å². The van der Waals surface area contributed by atoms with E-state index in [0.717, 1.165) is 21.6 Å². The second kappa shape index (κ2) is 4.71. The molecule has 0 aliphatic heterocycles. The molecule has 3 heterocycles. The molecular weight excluding hydrogens is 290 g/mol. The Hall–Kier alpha value is -1.66. The van der Waals surface area contributed by atoms with Crippen molar-refractivity contribution in [3.63, 3.8) is 0 Å². The Bertz CT molecular complexity index is 726. The van der Waals surface area contributed by atoms with Gasteiger partial charge in [-0.25, -0.2) is 9.97 Å². The zero-order chi connectivity index (χ0) is 13.5. The molecule has 0 amide bonds. The standard InChI is InChI=1S/C14H13N3OS2/c1-15-14-16-9(7-19-14)12-11(8-4-5-8)17-13(20-12)10-3-2-6-18-10/h2-3,6-8H,4-5H2,1H3,(H,15,16). The molecule has 3 aromatic heterocycles. The van der Waals surface area contributed by atoms with Crippen LogP contribution >= 0.6 is 22.7 Å². The van der Waals surface area contributed by atoms with E-state index >= 15 is 0 Å². The summed E-state index contributed by atoms with van der Waals surface area (Å²) in [6.07, 6.45) is 4.16. The van der Waals surface area contributed by atoms with Gasteiger partial charge in [0, 0.05) is 18.3 Å². The lowest BCUT2D eigenvalue weighted by molar-refractivity contribution is 0.581. The van der Waals surface area contributed by atoms with Gasteiger partial charge in [0.25, 0.3) is 0 Å². The van der Waals surface area contributed by atoms with Gasteiger partial charge in [-0.3, -0.25) is 0 Å². The molecule has 102 valence electrons. The van der Waals surface area contributed by atoms with Crippen LogP contribution in [0.1, 0.15) is 24.5 Å². The second-order valence-corrected chi connectivity index (χ2v) is 6.63. The van der Waals surface area contributed by atoms with E-state index in [0.29, 0.717) is 5.92 Å². The maximum absolute atomic E-state index is 5.47. The molecule has 0 unspecified atom stereocenters. The topological polar surface area (TPSA) is 51.0 Å². The van der Waals surface area contributed by atoms with Gasteiger partial charge < -0.3 is 9.73 Å². The smallest absolute Gasteiger partial charge is 0.182 e. The predicted molar refractivity (Wildman–Crippen MR) is 82.4 cm³/mol. The van der Waals surface area contributed by atoms with Crippen molar-refractivity contribution in [1.29, 1.82) is 0 Å².